The highest BCUT2D eigenvalue weighted by molar-refractivity contribution is 14.1. The number of likely N-dealkylation sites (tertiary alicyclic amines) is 1. The molecule has 1 fully saturated rings. The molecule has 3 heterocycles. The van der Waals surface area contributed by atoms with Gasteiger partial charge < -0.3 is 14.4 Å². The van der Waals surface area contributed by atoms with Crippen LogP contribution in [0.5, 0.6) is 11.5 Å². The molecule has 2 aliphatic rings. The lowest BCUT2D eigenvalue weighted by Crippen LogP contribution is -2.46. The smallest absolute Gasteiger partial charge is 0.250 e. The largest absolute Gasteiger partial charge is 0.504 e. The number of aromatic nitrogens is 1. The zero-order valence-electron chi connectivity index (χ0n) is 14.1. The number of methoxy groups -OCH3 is 1. The maximum absolute atomic E-state index is 12.1. The minimum atomic E-state index is 0.124. The van der Waals surface area contributed by atoms with Gasteiger partial charge in [0.2, 0.25) is 0 Å². The van der Waals surface area contributed by atoms with Crippen LogP contribution in [-0.4, -0.2) is 34.8 Å². The molecule has 2 aliphatic heterocycles. The first-order valence-electron chi connectivity index (χ1n) is 8.52. The molecule has 0 spiro atoms. The molecule has 1 aromatic carbocycles. The van der Waals surface area contributed by atoms with Gasteiger partial charge in [0.15, 0.2) is 11.5 Å². The van der Waals surface area contributed by atoms with E-state index >= 15 is 0 Å². The van der Waals surface area contributed by atoms with Gasteiger partial charge in [-0.05, 0) is 58.7 Å². The summed E-state index contributed by atoms with van der Waals surface area (Å²) >= 11 is 2.14. The zero-order chi connectivity index (χ0) is 17.6. The second-order valence-corrected chi connectivity index (χ2v) is 8.18. The number of hydrogen-bond acceptors (Lipinski definition) is 4. The molecule has 0 radical (unpaired) electrons. The summed E-state index contributed by atoms with van der Waals surface area (Å²) in [6.45, 7) is 3.60. The average Bonchev–Trinajstić information content (AvgIpc) is 2.59. The maximum Gasteiger partial charge on any atom is 0.250 e. The number of hydrogen-bond donors (Lipinski definition) is 1. The van der Waals surface area contributed by atoms with Gasteiger partial charge in [0.1, 0.15) is 0 Å². The van der Waals surface area contributed by atoms with E-state index in [0.29, 0.717) is 17.6 Å². The lowest BCUT2D eigenvalue weighted by atomic mass is 9.83. The first-order valence-corrected chi connectivity index (χ1v) is 9.60. The lowest BCUT2D eigenvalue weighted by molar-refractivity contribution is 0.114. The van der Waals surface area contributed by atoms with Gasteiger partial charge in [-0.25, -0.2) is 0 Å². The topological polar surface area (TPSA) is 54.7 Å². The van der Waals surface area contributed by atoms with Crippen LogP contribution in [0.15, 0.2) is 35.1 Å². The lowest BCUT2D eigenvalue weighted by Gasteiger charge is -2.42. The molecular weight excluding hydrogens is 431 g/mol. The second-order valence-electron chi connectivity index (χ2n) is 7.02. The highest BCUT2D eigenvalue weighted by Gasteiger charge is 2.34. The zero-order valence-corrected chi connectivity index (χ0v) is 16.3. The van der Waals surface area contributed by atoms with Gasteiger partial charge in [-0.2, -0.15) is 0 Å². The Labute approximate surface area is 160 Å². The van der Waals surface area contributed by atoms with Gasteiger partial charge in [0.05, 0.1) is 10.7 Å². The third-order valence-corrected chi connectivity index (χ3v) is 6.09. The van der Waals surface area contributed by atoms with Crippen molar-refractivity contribution in [2.24, 2.45) is 5.92 Å². The Bertz CT molecular complexity index is 864. The van der Waals surface area contributed by atoms with Crippen LogP contribution in [0.4, 0.5) is 0 Å². The maximum atomic E-state index is 12.1. The van der Waals surface area contributed by atoms with Crippen molar-refractivity contribution in [2.75, 3.05) is 20.2 Å². The van der Waals surface area contributed by atoms with Crippen molar-refractivity contribution in [1.82, 2.24) is 9.47 Å². The Morgan fingerprint density at radius 2 is 2.12 bits per heavy atom. The van der Waals surface area contributed by atoms with E-state index in [-0.39, 0.29) is 11.3 Å². The Hall–Kier alpha value is -1.54. The Morgan fingerprint density at radius 1 is 1.28 bits per heavy atom. The molecule has 4 rings (SSSR count). The first kappa shape index (κ1) is 16.9. The number of rotatable bonds is 3. The van der Waals surface area contributed by atoms with Crippen LogP contribution in [0.25, 0.3) is 0 Å². The summed E-state index contributed by atoms with van der Waals surface area (Å²) in [4.78, 5) is 14.6. The van der Waals surface area contributed by atoms with E-state index in [0.717, 1.165) is 41.7 Å². The number of phenols is 1. The summed E-state index contributed by atoms with van der Waals surface area (Å²) in [5.74, 6) is 1.66. The van der Waals surface area contributed by atoms with E-state index in [4.69, 9.17) is 4.74 Å². The predicted octanol–water partition coefficient (Wildman–Crippen LogP) is 2.79. The molecule has 2 bridgehead atoms. The van der Waals surface area contributed by atoms with Gasteiger partial charge in [-0.3, -0.25) is 9.69 Å². The summed E-state index contributed by atoms with van der Waals surface area (Å²) in [5.41, 5.74) is 2.44. The summed E-state index contributed by atoms with van der Waals surface area (Å²) in [6.07, 6.45) is 1.16. The van der Waals surface area contributed by atoms with Gasteiger partial charge in [-0.15, -0.1) is 0 Å². The van der Waals surface area contributed by atoms with Crippen LogP contribution in [-0.2, 0) is 13.1 Å². The van der Waals surface area contributed by atoms with E-state index in [1.807, 2.05) is 22.8 Å². The Morgan fingerprint density at radius 3 is 2.92 bits per heavy atom. The minimum Gasteiger partial charge on any atom is -0.504 e. The molecule has 25 heavy (non-hydrogen) atoms. The number of piperidine rings is 1. The van der Waals surface area contributed by atoms with E-state index < -0.39 is 0 Å². The van der Waals surface area contributed by atoms with Crippen molar-refractivity contribution in [3.05, 3.63) is 55.5 Å². The average molecular weight is 452 g/mol. The van der Waals surface area contributed by atoms with Crippen LogP contribution >= 0.6 is 22.6 Å². The fourth-order valence-corrected chi connectivity index (χ4v) is 4.92. The second kappa shape index (κ2) is 6.64. The summed E-state index contributed by atoms with van der Waals surface area (Å²) < 4.78 is 8.05. The quantitative estimate of drug-likeness (QED) is 0.729. The molecule has 0 saturated carbocycles. The standard InChI is InChI=1S/C19H21IN2O3/c1-25-17-7-12(6-15(20)19(17)24)8-21-9-13-5-14(11-21)16-3-2-4-18(23)22(16)10-13/h2-4,6-7,13-14,24H,5,8-11H2,1H3. The molecule has 1 N–H and O–H groups in total. The van der Waals surface area contributed by atoms with Crippen molar-refractivity contribution < 1.29 is 9.84 Å². The van der Waals surface area contributed by atoms with E-state index in [2.05, 4.69) is 33.6 Å². The number of benzene rings is 1. The molecule has 0 amide bonds. The van der Waals surface area contributed by atoms with Gasteiger partial charge in [0, 0.05) is 43.9 Å². The fourth-order valence-electron chi connectivity index (χ4n) is 4.26. The molecule has 2 aromatic rings. The van der Waals surface area contributed by atoms with E-state index in [1.165, 1.54) is 5.69 Å². The van der Waals surface area contributed by atoms with Crippen LogP contribution < -0.4 is 10.3 Å². The van der Waals surface area contributed by atoms with E-state index in [9.17, 15) is 9.90 Å². The molecule has 5 nitrogen and oxygen atoms in total. The van der Waals surface area contributed by atoms with Crippen molar-refractivity contribution in [1.29, 1.82) is 0 Å². The molecule has 2 atom stereocenters. The molecule has 6 heteroatoms. The first-order chi connectivity index (χ1) is 12.0. The summed E-state index contributed by atoms with van der Waals surface area (Å²) in [5, 5.41) is 10.0. The summed E-state index contributed by atoms with van der Waals surface area (Å²) in [7, 11) is 1.58. The number of halogens is 1. The predicted molar refractivity (Wildman–Crippen MR) is 104 cm³/mol. The highest BCUT2D eigenvalue weighted by Crippen LogP contribution is 2.37. The summed E-state index contributed by atoms with van der Waals surface area (Å²) in [6, 6.07) is 9.56. The van der Waals surface area contributed by atoms with Gasteiger partial charge in [0.25, 0.3) is 5.56 Å². The number of aromatic hydroxyl groups is 1. The monoisotopic (exact) mass is 452 g/mol. The number of fused-ring (bicyclic) bond motifs is 4. The third-order valence-electron chi connectivity index (χ3n) is 5.27. The van der Waals surface area contributed by atoms with Gasteiger partial charge >= 0.3 is 0 Å². The highest BCUT2D eigenvalue weighted by atomic mass is 127. The molecule has 0 aliphatic carbocycles. The molecule has 2 unspecified atom stereocenters. The molecule has 1 aromatic heterocycles. The number of nitrogens with zero attached hydrogens (tertiary/aromatic N) is 2. The third kappa shape index (κ3) is 3.17. The molecule has 132 valence electrons. The van der Waals surface area contributed by atoms with Crippen LogP contribution in [0.2, 0.25) is 0 Å². The van der Waals surface area contributed by atoms with Crippen molar-refractivity contribution in [3.63, 3.8) is 0 Å². The Kier molecular flexibility index (Phi) is 4.49. The van der Waals surface area contributed by atoms with Crippen LogP contribution in [0.1, 0.15) is 23.6 Å². The van der Waals surface area contributed by atoms with Crippen LogP contribution in [0, 0.1) is 9.49 Å². The van der Waals surface area contributed by atoms with Crippen molar-refractivity contribution in [2.45, 2.75) is 25.4 Å². The fraction of sp³-hybridized carbons (Fsp3) is 0.421. The van der Waals surface area contributed by atoms with Crippen molar-refractivity contribution >= 4 is 22.6 Å². The molecule has 1 saturated heterocycles. The number of pyridine rings is 1. The number of phenolic OH excluding ortho intramolecular Hbond substituents is 1. The van der Waals surface area contributed by atoms with Crippen LogP contribution in [0.3, 0.4) is 0 Å². The SMILES string of the molecule is COc1cc(CN2CC3CC(C2)c2cccc(=O)n2C3)cc(I)c1O. The van der Waals surface area contributed by atoms with Gasteiger partial charge in [-0.1, -0.05) is 6.07 Å². The number of ether oxygens (including phenoxy) is 1. The normalized spacial score (nSPS) is 22.5. The van der Waals surface area contributed by atoms with Crippen molar-refractivity contribution in [3.8, 4) is 11.5 Å². The van der Waals surface area contributed by atoms with E-state index in [1.54, 1.807) is 13.2 Å². The minimum absolute atomic E-state index is 0.124. The molecular formula is C19H21IN2O3. The Balaban J connectivity index is 1.57.